The highest BCUT2D eigenvalue weighted by Crippen LogP contribution is 2.75. The molecule has 0 spiro atoms. The van der Waals surface area contributed by atoms with Crippen molar-refractivity contribution >= 4 is 17.9 Å². The number of aliphatic hydroxyl groups excluding tert-OH is 1. The Bertz CT molecular complexity index is 965. The first-order valence-electron chi connectivity index (χ1n) is 12.1. The lowest BCUT2D eigenvalue weighted by Crippen LogP contribution is -2.71. The summed E-state index contributed by atoms with van der Waals surface area (Å²) in [6.45, 7) is 8.18. The van der Waals surface area contributed by atoms with E-state index in [1.165, 1.54) is 6.08 Å². The quantitative estimate of drug-likeness (QED) is 0.387. The monoisotopic (exact) mass is 442 g/mol. The SMILES string of the molecule is CC1(C)C[C@@H]2CCC3C4CC=C5CC(=O)C=C[C@]5(C)[C@@]4(F)[C@@H](O)C[C@]3(C)[C@]2(C(=O)C=O)C1. The molecule has 174 valence electrons. The fourth-order valence-corrected chi connectivity index (χ4v) is 9.39. The Morgan fingerprint density at radius 3 is 2.56 bits per heavy atom. The molecule has 3 fully saturated rings. The molecular formula is C27H35FO4. The first-order valence-corrected chi connectivity index (χ1v) is 12.1. The van der Waals surface area contributed by atoms with Crippen LogP contribution in [0.4, 0.5) is 4.39 Å². The smallest absolute Gasteiger partial charge is 0.202 e. The van der Waals surface area contributed by atoms with Gasteiger partial charge in [-0.05, 0) is 74.2 Å². The number of carbonyl (C=O) groups excluding carboxylic acids is 3. The summed E-state index contributed by atoms with van der Waals surface area (Å²) in [5, 5.41) is 11.5. The molecule has 0 aromatic carbocycles. The van der Waals surface area contributed by atoms with Gasteiger partial charge in [0.2, 0.25) is 5.78 Å². The molecule has 0 bridgehead atoms. The fraction of sp³-hybridized carbons (Fsp3) is 0.741. The van der Waals surface area contributed by atoms with E-state index in [2.05, 4.69) is 20.8 Å². The molecule has 5 rings (SSSR count). The summed E-state index contributed by atoms with van der Waals surface area (Å²) in [6.07, 6.45) is 8.30. The third kappa shape index (κ3) is 2.39. The third-order valence-corrected chi connectivity index (χ3v) is 10.6. The van der Waals surface area contributed by atoms with E-state index in [0.717, 1.165) is 24.8 Å². The average molecular weight is 443 g/mol. The number of aldehydes is 1. The molecule has 0 aromatic rings. The van der Waals surface area contributed by atoms with Crippen LogP contribution in [0.15, 0.2) is 23.8 Å². The number of carbonyl (C=O) groups is 3. The highest BCUT2D eigenvalue weighted by molar-refractivity contribution is 6.28. The minimum Gasteiger partial charge on any atom is -0.390 e. The Kier molecular flexibility index (Phi) is 4.50. The lowest BCUT2D eigenvalue weighted by molar-refractivity contribution is -0.233. The van der Waals surface area contributed by atoms with E-state index in [0.29, 0.717) is 19.1 Å². The van der Waals surface area contributed by atoms with Gasteiger partial charge in [0.05, 0.1) is 6.10 Å². The van der Waals surface area contributed by atoms with Gasteiger partial charge in [-0.1, -0.05) is 38.5 Å². The van der Waals surface area contributed by atoms with Crippen molar-refractivity contribution in [2.45, 2.75) is 84.4 Å². The lowest BCUT2D eigenvalue weighted by atomic mass is 9.37. The van der Waals surface area contributed by atoms with Crippen molar-refractivity contribution in [1.29, 1.82) is 0 Å². The number of rotatable bonds is 2. The molecule has 0 saturated heterocycles. The number of aliphatic hydroxyl groups is 1. The number of ketones is 2. The second-order valence-electron chi connectivity index (χ2n) is 12.5. The van der Waals surface area contributed by atoms with Crippen LogP contribution in [-0.4, -0.2) is 34.7 Å². The van der Waals surface area contributed by atoms with E-state index >= 15 is 4.39 Å². The molecule has 0 amide bonds. The number of halogens is 1. The van der Waals surface area contributed by atoms with Crippen molar-refractivity contribution in [3.05, 3.63) is 23.8 Å². The molecule has 0 aliphatic heterocycles. The fourth-order valence-electron chi connectivity index (χ4n) is 9.39. The normalized spacial score (nSPS) is 51.1. The van der Waals surface area contributed by atoms with Gasteiger partial charge < -0.3 is 5.11 Å². The second-order valence-corrected chi connectivity index (χ2v) is 12.5. The molecule has 5 heteroatoms. The van der Waals surface area contributed by atoms with Crippen molar-refractivity contribution in [3.63, 3.8) is 0 Å². The molecule has 0 heterocycles. The molecule has 32 heavy (non-hydrogen) atoms. The maximum absolute atomic E-state index is 17.3. The largest absolute Gasteiger partial charge is 0.390 e. The molecule has 0 aromatic heterocycles. The van der Waals surface area contributed by atoms with Crippen LogP contribution in [0.3, 0.4) is 0 Å². The van der Waals surface area contributed by atoms with E-state index in [1.807, 2.05) is 13.0 Å². The summed E-state index contributed by atoms with van der Waals surface area (Å²) < 4.78 is 17.3. The molecule has 5 aliphatic carbocycles. The Hall–Kier alpha value is -1.62. The zero-order valence-electron chi connectivity index (χ0n) is 19.6. The minimum atomic E-state index is -1.90. The van der Waals surface area contributed by atoms with Crippen molar-refractivity contribution < 1.29 is 23.9 Å². The summed E-state index contributed by atoms with van der Waals surface area (Å²) in [7, 11) is 0. The zero-order chi connectivity index (χ0) is 23.3. The van der Waals surface area contributed by atoms with Gasteiger partial charge in [0.15, 0.2) is 17.7 Å². The Balaban J connectivity index is 1.66. The molecular weight excluding hydrogens is 407 g/mol. The molecule has 2 unspecified atom stereocenters. The van der Waals surface area contributed by atoms with Crippen LogP contribution >= 0.6 is 0 Å². The molecule has 0 radical (unpaired) electrons. The maximum atomic E-state index is 17.3. The lowest BCUT2D eigenvalue weighted by Gasteiger charge is -2.67. The predicted octanol–water partition coefficient (Wildman–Crippen LogP) is 4.55. The van der Waals surface area contributed by atoms with E-state index < -0.39 is 33.9 Å². The average Bonchev–Trinajstić information content (AvgIpc) is 3.02. The second kappa shape index (κ2) is 6.49. The standard InChI is InChI=1S/C27H35FO4/c1-23(2)12-17-6-7-19-20-8-5-16-11-18(30)9-10-24(16,3)27(20,28)21(31)13-25(19,4)26(17,15-23)22(32)14-29/h5,9-10,14,17,19-21,31H,6-8,11-13,15H2,1-4H3/t17-,19?,20?,21-,24-,25-,26+,27-/m0/s1. The van der Waals surface area contributed by atoms with Gasteiger partial charge >= 0.3 is 0 Å². The van der Waals surface area contributed by atoms with E-state index in [1.54, 1.807) is 6.08 Å². The van der Waals surface area contributed by atoms with Crippen LogP contribution in [-0.2, 0) is 14.4 Å². The van der Waals surface area contributed by atoms with Crippen molar-refractivity contribution in [3.8, 4) is 0 Å². The van der Waals surface area contributed by atoms with Gasteiger partial charge in [-0.2, -0.15) is 0 Å². The van der Waals surface area contributed by atoms with Crippen molar-refractivity contribution in [2.24, 2.45) is 39.4 Å². The summed E-state index contributed by atoms with van der Waals surface area (Å²) in [5.41, 5.74) is -3.72. The number of fused-ring (bicyclic) bond motifs is 7. The van der Waals surface area contributed by atoms with Crippen LogP contribution in [0.25, 0.3) is 0 Å². The molecule has 4 nitrogen and oxygen atoms in total. The Morgan fingerprint density at radius 2 is 1.88 bits per heavy atom. The Morgan fingerprint density at radius 1 is 1.16 bits per heavy atom. The topological polar surface area (TPSA) is 71.4 Å². The number of allylic oxidation sites excluding steroid dienone is 4. The summed E-state index contributed by atoms with van der Waals surface area (Å²) in [4.78, 5) is 37.4. The first kappa shape index (κ1) is 22.2. The number of hydrogen-bond acceptors (Lipinski definition) is 4. The van der Waals surface area contributed by atoms with Gasteiger partial charge in [0.1, 0.15) is 0 Å². The number of alkyl halides is 1. The van der Waals surface area contributed by atoms with Gasteiger partial charge in [-0.3, -0.25) is 14.4 Å². The van der Waals surface area contributed by atoms with Crippen molar-refractivity contribution in [1.82, 2.24) is 0 Å². The zero-order valence-corrected chi connectivity index (χ0v) is 19.6. The highest BCUT2D eigenvalue weighted by Gasteiger charge is 2.75. The van der Waals surface area contributed by atoms with Crippen LogP contribution in [0, 0.1) is 39.4 Å². The van der Waals surface area contributed by atoms with Gasteiger partial charge in [0.25, 0.3) is 0 Å². The summed E-state index contributed by atoms with van der Waals surface area (Å²) in [5.74, 6) is -0.863. The summed E-state index contributed by atoms with van der Waals surface area (Å²) in [6, 6.07) is 0. The number of Topliss-reactive ketones (excluding diaryl/α,β-unsaturated/α-hetero) is 1. The van der Waals surface area contributed by atoms with Crippen molar-refractivity contribution in [2.75, 3.05) is 0 Å². The molecule has 3 saturated carbocycles. The Labute approximate surface area is 189 Å². The predicted molar refractivity (Wildman–Crippen MR) is 118 cm³/mol. The van der Waals surface area contributed by atoms with Gasteiger partial charge in [0, 0.05) is 23.2 Å². The first-order chi connectivity index (χ1) is 14.9. The third-order valence-electron chi connectivity index (χ3n) is 10.6. The van der Waals surface area contributed by atoms with Gasteiger partial charge in [-0.25, -0.2) is 4.39 Å². The molecule has 5 aliphatic rings. The van der Waals surface area contributed by atoms with Gasteiger partial charge in [-0.15, -0.1) is 0 Å². The minimum absolute atomic E-state index is 0.0323. The molecule has 1 N–H and O–H groups in total. The van der Waals surface area contributed by atoms with Crippen LogP contribution in [0.1, 0.15) is 72.6 Å². The summed E-state index contributed by atoms with van der Waals surface area (Å²) >= 11 is 0. The van der Waals surface area contributed by atoms with E-state index in [-0.39, 0.29) is 41.7 Å². The molecule has 8 atom stereocenters. The number of hydrogen-bond donors (Lipinski definition) is 1. The van der Waals surface area contributed by atoms with Crippen LogP contribution < -0.4 is 0 Å². The van der Waals surface area contributed by atoms with Crippen LogP contribution in [0.5, 0.6) is 0 Å². The van der Waals surface area contributed by atoms with E-state index in [4.69, 9.17) is 0 Å². The maximum Gasteiger partial charge on any atom is 0.202 e. The van der Waals surface area contributed by atoms with E-state index in [9.17, 15) is 19.5 Å². The highest BCUT2D eigenvalue weighted by atomic mass is 19.1. The van der Waals surface area contributed by atoms with Crippen LogP contribution in [0.2, 0.25) is 0 Å².